The van der Waals surface area contributed by atoms with Crippen molar-refractivity contribution in [3.63, 3.8) is 0 Å². The summed E-state index contributed by atoms with van der Waals surface area (Å²) in [4.78, 5) is 14.7. The van der Waals surface area contributed by atoms with E-state index in [0.29, 0.717) is 5.56 Å². The summed E-state index contributed by atoms with van der Waals surface area (Å²) in [5.41, 5.74) is 2.89. The van der Waals surface area contributed by atoms with Gasteiger partial charge in [-0.25, -0.2) is 0 Å². The van der Waals surface area contributed by atoms with Crippen molar-refractivity contribution in [3.8, 4) is 0 Å². The number of carbonyl (C=O) groups is 1. The number of carbonyl (C=O) groups excluding carboxylic acids is 1. The second-order valence-electron chi connectivity index (χ2n) is 3.35. The number of benzene rings is 1. The Bertz CT molecular complexity index is 451. The van der Waals surface area contributed by atoms with Gasteiger partial charge in [-0.1, -0.05) is 30.3 Å². The van der Waals surface area contributed by atoms with Crippen molar-refractivity contribution < 1.29 is 4.79 Å². The summed E-state index contributed by atoms with van der Waals surface area (Å²) >= 11 is 0. The molecule has 1 heterocycles. The maximum absolute atomic E-state index is 10.8. The highest BCUT2D eigenvalue weighted by atomic mass is 16.1. The third kappa shape index (κ3) is 2.29. The first-order valence-corrected chi connectivity index (χ1v) is 4.82. The summed E-state index contributed by atoms with van der Waals surface area (Å²) in [6.45, 7) is 0. The molecule has 0 bridgehead atoms. The van der Waals surface area contributed by atoms with Gasteiger partial charge in [0, 0.05) is 18.0 Å². The molecule has 2 nitrogen and oxygen atoms in total. The zero-order chi connectivity index (χ0) is 10.5. The van der Waals surface area contributed by atoms with Gasteiger partial charge >= 0.3 is 0 Å². The first kappa shape index (κ1) is 9.59. The molecule has 0 aliphatic carbocycles. The van der Waals surface area contributed by atoms with Crippen LogP contribution in [-0.2, 0) is 6.42 Å². The predicted octanol–water partition coefficient (Wildman–Crippen LogP) is 2.48. The van der Waals surface area contributed by atoms with E-state index >= 15 is 0 Å². The molecule has 0 unspecified atom stereocenters. The second-order valence-corrected chi connectivity index (χ2v) is 3.35. The van der Waals surface area contributed by atoms with Gasteiger partial charge in [-0.2, -0.15) is 0 Å². The lowest BCUT2D eigenvalue weighted by atomic mass is 10.0. The molecule has 0 N–H and O–H groups in total. The minimum Gasteiger partial charge on any atom is -0.298 e. The maximum atomic E-state index is 10.8. The summed E-state index contributed by atoms with van der Waals surface area (Å²) in [5, 5.41) is 0. The van der Waals surface area contributed by atoms with Gasteiger partial charge in [-0.3, -0.25) is 9.78 Å². The number of rotatable bonds is 3. The molecule has 0 aliphatic rings. The molecule has 1 aromatic heterocycles. The number of nitrogens with zero attached hydrogens (tertiary/aromatic N) is 1. The van der Waals surface area contributed by atoms with E-state index in [4.69, 9.17) is 0 Å². The first-order chi connectivity index (χ1) is 7.40. The molecule has 74 valence electrons. The van der Waals surface area contributed by atoms with E-state index in [1.165, 1.54) is 5.56 Å². The first-order valence-electron chi connectivity index (χ1n) is 4.82. The van der Waals surface area contributed by atoms with Crippen molar-refractivity contribution in [2.75, 3.05) is 0 Å². The van der Waals surface area contributed by atoms with E-state index in [-0.39, 0.29) is 0 Å². The van der Waals surface area contributed by atoms with Crippen molar-refractivity contribution >= 4 is 6.29 Å². The highest BCUT2D eigenvalue weighted by molar-refractivity contribution is 5.76. The van der Waals surface area contributed by atoms with Crippen molar-refractivity contribution in [2.45, 2.75) is 6.42 Å². The smallest absolute Gasteiger partial charge is 0.151 e. The third-order valence-corrected chi connectivity index (χ3v) is 2.31. The summed E-state index contributed by atoms with van der Waals surface area (Å²) in [7, 11) is 0. The fraction of sp³-hybridized carbons (Fsp3) is 0.0769. The number of pyridine rings is 1. The Kier molecular flexibility index (Phi) is 2.88. The standard InChI is InChI=1S/C13H11NO/c15-10-13-9-14-7-6-12(13)8-11-4-2-1-3-5-11/h1-7,9-10H,8H2. The molecule has 2 heteroatoms. The predicted molar refractivity (Wildman–Crippen MR) is 58.9 cm³/mol. The summed E-state index contributed by atoms with van der Waals surface area (Å²) in [6, 6.07) is 12.0. The Balaban J connectivity index is 2.28. The van der Waals surface area contributed by atoms with Crippen LogP contribution in [0, 0.1) is 0 Å². The van der Waals surface area contributed by atoms with E-state index in [1.807, 2.05) is 24.3 Å². The van der Waals surface area contributed by atoms with Gasteiger partial charge in [-0.05, 0) is 23.6 Å². The zero-order valence-electron chi connectivity index (χ0n) is 8.26. The number of hydrogen-bond donors (Lipinski definition) is 0. The fourth-order valence-electron chi connectivity index (χ4n) is 1.52. The average Bonchev–Trinajstić information content (AvgIpc) is 2.31. The highest BCUT2D eigenvalue weighted by Gasteiger charge is 2.01. The van der Waals surface area contributed by atoms with Crippen molar-refractivity contribution in [2.24, 2.45) is 0 Å². The Morgan fingerprint density at radius 1 is 1.13 bits per heavy atom. The molecule has 15 heavy (non-hydrogen) atoms. The lowest BCUT2D eigenvalue weighted by Crippen LogP contribution is -1.94. The van der Waals surface area contributed by atoms with Gasteiger partial charge in [0.05, 0.1) is 0 Å². The normalized spacial score (nSPS) is 9.87. The van der Waals surface area contributed by atoms with Crippen molar-refractivity contribution in [3.05, 3.63) is 65.5 Å². The molecule has 2 rings (SSSR count). The van der Waals surface area contributed by atoms with Crippen LogP contribution in [0.2, 0.25) is 0 Å². The highest BCUT2D eigenvalue weighted by Crippen LogP contribution is 2.11. The van der Waals surface area contributed by atoms with Crippen molar-refractivity contribution in [1.82, 2.24) is 4.98 Å². The SMILES string of the molecule is O=Cc1cnccc1Cc1ccccc1. The minimum atomic E-state index is 0.668. The fourth-order valence-corrected chi connectivity index (χ4v) is 1.52. The quantitative estimate of drug-likeness (QED) is 0.707. The molecule has 0 aliphatic heterocycles. The summed E-state index contributed by atoms with van der Waals surface area (Å²) in [6.07, 6.45) is 4.94. The van der Waals surface area contributed by atoms with E-state index in [0.717, 1.165) is 18.3 Å². The van der Waals surface area contributed by atoms with Crippen LogP contribution in [0.5, 0.6) is 0 Å². The lowest BCUT2D eigenvalue weighted by molar-refractivity contribution is 0.112. The van der Waals surface area contributed by atoms with Crippen LogP contribution < -0.4 is 0 Å². The molecule has 0 saturated carbocycles. The van der Waals surface area contributed by atoms with Crippen LogP contribution in [0.25, 0.3) is 0 Å². The summed E-state index contributed by atoms with van der Waals surface area (Å²) in [5.74, 6) is 0. The topological polar surface area (TPSA) is 30.0 Å². The number of hydrogen-bond acceptors (Lipinski definition) is 2. The molecule has 0 atom stereocenters. The van der Waals surface area contributed by atoms with Gasteiger partial charge < -0.3 is 0 Å². The van der Waals surface area contributed by atoms with Crippen LogP contribution >= 0.6 is 0 Å². The maximum Gasteiger partial charge on any atom is 0.151 e. The number of aromatic nitrogens is 1. The molecule has 0 amide bonds. The Labute approximate surface area is 88.6 Å². The average molecular weight is 197 g/mol. The van der Waals surface area contributed by atoms with Crippen LogP contribution in [0.3, 0.4) is 0 Å². The molecule has 2 aromatic rings. The third-order valence-electron chi connectivity index (χ3n) is 2.31. The Morgan fingerprint density at radius 2 is 1.93 bits per heavy atom. The van der Waals surface area contributed by atoms with Crippen molar-refractivity contribution in [1.29, 1.82) is 0 Å². The zero-order valence-corrected chi connectivity index (χ0v) is 8.26. The van der Waals surface area contributed by atoms with Gasteiger partial charge in [0.25, 0.3) is 0 Å². The van der Waals surface area contributed by atoms with Crippen LogP contribution in [0.4, 0.5) is 0 Å². The van der Waals surface area contributed by atoms with Gasteiger partial charge in [0.2, 0.25) is 0 Å². The molecule has 0 fully saturated rings. The largest absolute Gasteiger partial charge is 0.298 e. The van der Waals surface area contributed by atoms with Gasteiger partial charge in [0.15, 0.2) is 6.29 Å². The van der Waals surface area contributed by atoms with E-state index in [2.05, 4.69) is 17.1 Å². The monoisotopic (exact) mass is 197 g/mol. The minimum absolute atomic E-state index is 0.668. The Morgan fingerprint density at radius 3 is 2.67 bits per heavy atom. The molecule has 0 saturated heterocycles. The molecule has 1 aromatic carbocycles. The van der Waals surface area contributed by atoms with Crippen LogP contribution in [0.1, 0.15) is 21.5 Å². The molecule has 0 spiro atoms. The lowest BCUT2D eigenvalue weighted by Gasteiger charge is -2.03. The summed E-state index contributed by atoms with van der Waals surface area (Å²) < 4.78 is 0. The number of aldehydes is 1. The van der Waals surface area contributed by atoms with Crippen LogP contribution in [-0.4, -0.2) is 11.3 Å². The second kappa shape index (κ2) is 4.51. The Hall–Kier alpha value is -1.96. The van der Waals surface area contributed by atoms with E-state index in [9.17, 15) is 4.79 Å². The molecular weight excluding hydrogens is 186 g/mol. The van der Waals surface area contributed by atoms with E-state index < -0.39 is 0 Å². The molecular formula is C13H11NO. The van der Waals surface area contributed by atoms with Crippen LogP contribution in [0.15, 0.2) is 48.8 Å². The van der Waals surface area contributed by atoms with Gasteiger partial charge in [-0.15, -0.1) is 0 Å². The van der Waals surface area contributed by atoms with Gasteiger partial charge in [0.1, 0.15) is 0 Å². The van der Waals surface area contributed by atoms with E-state index in [1.54, 1.807) is 12.4 Å². The molecule has 0 radical (unpaired) electrons.